The molecule has 1 N–H and O–H groups in total. The molecule has 3 unspecified atom stereocenters. The van der Waals surface area contributed by atoms with E-state index in [4.69, 9.17) is 5.11 Å². The third-order valence-electron chi connectivity index (χ3n) is 4.67. The van der Waals surface area contributed by atoms with Crippen molar-refractivity contribution in [3.8, 4) is 0 Å². The maximum Gasteiger partial charge on any atom is 0.306 e. The highest BCUT2D eigenvalue weighted by atomic mass is 16.4. The molecule has 0 amide bonds. The first-order valence-electron chi connectivity index (χ1n) is 7.21. The first kappa shape index (κ1) is 13.8. The topological polar surface area (TPSA) is 43.8 Å². The Morgan fingerprint density at radius 1 is 1.28 bits per heavy atom. The fourth-order valence-electron chi connectivity index (χ4n) is 3.46. The Balaban J connectivity index is 1.90. The number of aliphatic carboxylic acids is 1. The number of rotatable bonds is 3. The van der Waals surface area contributed by atoms with E-state index in [9.17, 15) is 4.79 Å². The van der Waals surface area contributed by atoms with E-state index in [0.29, 0.717) is 18.1 Å². The standard InChI is InChI=1S/C14H26N2O2/c1-10(2)15-6-5-13(9-15)16-7-4-12(14(17)18)8-11(16)3/h10-13H,4-9H2,1-3H3,(H,17,18). The van der Waals surface area contributed by atoms with Crippen LogP contribution >= 0.6 is 0 Å². The highest BCUT2D eigenvalue weighted by molar-refractivity contribution is 5.70. The van der Waals surface area contributed by atoms with E-state index in [2.05, 4.69) is 30.6 Å². The van der Waals surface area contributed by atoms with E-state index in [1.54, 1.807) is 0 Å². The summed E-state index contributed by atoms with van der Waals surface area (Å²) in [5.41, 5.74) is 0. The van der Waals surface area contributed by atoms with Gasteiger partial charge in [-0.25, -0.2) is 0 Å². The van der Waals surface area contributed by atoms with Gasteiger partial charge in [-0.2, -0.15) is 0 Å². The smallest absolute Gasteiger partial charge is 0.306 e. The Labute approximate surface area is 110 Å². The number of carbonyl (C=O) groups is 1. The van der Waals surface area contributed by atoms with Gasteiger partial charge < -0.3 is 5.11 Å². The zero-order valence-electron chi connectivity index (χ0n) is 11.8. The molecule has 2 saturated heterocycles. The van der Waals surface area contributed by atoms with Crippen LogP contribution in [0.25, 0.3) is 0 Å². The summed E-state index contributed by atoms with van der Waals surface area (Å²) in [5, 5.41) is 9.10. The fourth-order valence-corrected chi connectivity index (χ4v) is 3.46. The van der Waals surface area contributed by atoms with Gasteiger partial charge in [0.1, 0.15) is 0 Å². The number of hydrogen-bond acceptors (Lipinski definition) is 3. The Bertz CT molecular complexity index is 306. The summed E-state index contributed by atoms with van der Waals surface area (Å²) >= 11 is 0. The van der Waals surface area contributed by atoms with E-state index in [-0.39, 0.29) is 5.92 Å². The number of piperidine rings is 1. The summed E-state index contributed by atoms with van der Waals surface area (Å²) in [6, 6.07) is 1.68. The molecule has 0 aromatic rings. The predicted octanol–water partition coefficient (Wildman–Crippen LogP) is 1.65. The number of carboxylic acids is 1. The molecular weight excluding hydrogens is 228 g/mol. The lowest BCUT2D eigenvalue weighted by atomic mass is 9.90. The van der Waals surface area contributed by atoms with Crippen LogP contribution < -0.4 is 0 Å². The minimum atomic E-state index is -0.614. The van der Waals surface area contributed by atoms with Crippen molar-refractivity contribution in [2.24, 2.45) is 5.92 Å². The fraction of sp³-hybridized carbons (Fsp3) is 0.929. The molecule has 104 valence electrons. The van der Waals surface area contributed by atoms with Crippen molar-refractivity contribution in [2.45, 2.75) is 58.2 Å². The molecule has 2 aliphatic rings. The molecule has 0 radical (unpaired) electrons. The Morgan fingerprint density at radius 2 is 2.00 bits per heavy atom. The summed E-state index contributed by atoms with van der Waals surface area (Å²) in [6.45, 7) is 9.99. The molecule has 0 spiro atoms. The lowest BCUT2D eigenvalue weighted by Crippen LogP contribution is -2.49. The number of nitrogens with zero attached hydrogens (tertiary/aromatic N) is 2. The maximum absolute atomic E-state index is 11.0. The van der Waals surface area contributed by atoms with Gasteiger partial charge in [0.05, 0.1) is 5.92 Å². The van der Waals surface area contributed by atoms with Gasteiger partial charge in [0.2, 0.25) is 0 Å². The molecule has 18 heavy (non-hydrogen) atoms. The normalized spacial score (nSPS) is 35.2. The Kier molecular flexibility index (Phi) is 4.28. The van der Waals surface area contributed by atoms with Crippen LogP contribution in [-0.2, 0) is 4.79 Å². The van der Waals surface area contributed by atoms with Gasteiger partial charge in [0, 0.05) is 31.2 Å². The second-order valence-corrected chi connectivity index (χ2v) is 6.18. The van der Waals surface area contributed by atoms with Crippen LogP contribution in [0.1, 0.15) is 40.0 Å². The molecule has 0 aromatic heterocycles. The van der Waals surface area contributed by atoms with Gasteiger partial charge in [-0.3, -0.25) is 14.6 Å². The monoisotopic (exact) mass is 254 g/mol. The molecule has 2 fully saturated rings. The Hall–Kier alpha value is -0.610. The quantitative estimate of drug-likeness (QED) is 0.832. The van der Waals surface area contributed by atoms with Crippen molar-refractivity contribution in [3.05, 3.63) is 0 Å². The molecule has 2 aliphatic heterocycles. The minimum absolute atomic E-state index is 0.126. The van der Waals surface area contributed by atoms with Crippen LogP contribution in [0, 0.1) is 5.92 Å². The summed E-state index contributed by atoms with van der Waals surface area (Å²) in [7, 11) is 0. The average Bonchev–Trinajstić information content (AvgIpc) is 2.78. The van der Waals surface area contributed by atoms with Crippen molar-refractivity contribution >= 4 is 5.97 Å². The van der Waals surface area contributed by atoms with Crippen LogP contribution in [0.4, 0.5) is 0 Å². The number of likely N-dealkylation sites (tertiary alicyclic amines) is 2. The van der Waals surface area contributed by atoms with Gasteiger partial charge in [0.15, 0.2) is 0 Å². The van der Waals surface area contributed by atoms with E-state index in [0.717, 1.165) is 25.9 Å². The third kappa shape index (κ3) is 2.86. The zero-order valence-corrected chi connectivity index (χ0v) is 11.8. The molecule has 2 heterocycles. The lowest BCUT2D eigenvalue weighted by Gasteiger charge is -2.40. The summed E-state index contributed by atoms with van der Waals surface area (Å²) in [6.07, 6.45) is 2.87. The molecule has 3 atom stereocenters. The molecule has 4 heteroatoms. The predicted molar refractivity (Wildman–Crippen MR) is 71.6 cm³/mol. The third-order valence-corrected chi connectivity index (χ3v) is 4.67. The summed E-state index contributed by atoms with van der Waals surface area (Å²) in [4.78, 5) is 16.1. The summed E-state index contributed by atoms with van der Waals surface area (Å²) in [5.74, 6) is -0.740. The van der Waals surface area contributed by atoms with Crippen LogP contribution in [0.2, 0.25) is 0 Å². The van der Waals surface area contributed by atoms with Gasteiger partial charge in [-0.15, -0.1) is 0 Å². The summed E-state index contributed by atoms with van der Waals surface area (Å²) < 4.78 is 0. The van der Waals surface area contributed by atoms with E-state index in [1.165, 1.54) is 13.0 Å². The first-order chi connectivity index (χ1) is 8.49. The van der Waals surface area contributed by atoms with E-state index < -0.39 is 5.97 Å². The molecule has 0 bridgehead atoms. The number of hydrogen-bond donors (Lipinski definition) is 1. The van der Waals surface area contributed by atoms with Crippen LogP contribution in [0.15, 0.2) is 0 Å². The van der Waals surface area contributed by atoms with Crippen molar-refractivity contribution in [1.82, 2.24) is 9.80 Å². The minimum Gasteiger partial charge on any atom is -0.481 e. The molecular formula is C14H26N2O2. The average molecular weight is 254 g/mol. The van der Waals surface area contributed by atoms with Crippen molar-refractivity contribution in [1.29, 1.82) is 0 Å². The van der Waals surface area contributed by atoms with Gasteiger partial charge in [-0.1, -0.05) is 0 Å². The van der Waals surface area contributed by atoms with Crippen molar-refractivity contribution in [3.63, 3.8) is 0 Å². The van der Waals surface area contributed by atoms with Crippen LogP contribution in [0.3, 0.4) is 0 Å². The lowest BCUT2D eigenvalue weighted by molar-refractivity contribution is -0.144. The van der Waals surface area contributed by atoms with E-state index in [1.807, 2.05) is 0 Å². The second-order valence-electron chi connectivity index (χ2n) is 6.18. The largest absolute Gasteiger partial charge is 0.481 e. The maximum atomic E-state index is 11.0. The van der Waals surface area contributed by atoms with E-state index >= 15 is 0 Å². The molecule has 0 aromatic carbocycles. The molecule has 2 rings (SSSR count). The molecule has 0 saturated carbocycles. The number of carboxylic acid groups (broad SMARTS) is 1. The first-order valence-corrected chi connectivity index (χ1v) is 7.21. The zero-order chi connectivity index (χ0) is 13.3. The molecule has 4 nitrogen and oxygen atoms in total. The SMILES string of the molecule is CC(C)N1CCC(N2CCC(C(=O)O)CC2C)C1. The van der Waals surface area contributed by atoms with Gasteiger partial charge in [0.25, 0.3) is 0 Å². The van der Waals surface area contributed by atoms with Crippen LogP contribution in [0.5, 0.6) is 0 Å². The van der Waals surface area contributed by atoms with Crippen molar-refractivity contribution in [2.75, 3.05) is 19.6 Å². The van der Waals surface area contributed by atoms with Gasteiger partial charge in [-0.05, 0) is 46.6 Å². The molecule has 0 aliphatic carbocycles. The highest BCUT2D eigenvalue weighted by Crippen LogP contribution is 2.28. The van der Waals surface area contributed by atoms with Crippen molar-refractivity contribution < 1.29 is 9.90 Å². The highest BCUT2D eigenvalue weighted by Gasteiger charge is 2.36. The Morgan fingerprint density at radius 3 is 2.50 bits per heavy atom. The second kappa shape index (κ2) is 5.57. The van der Waals surface area contributed by atoms with Crippen LogP contribution in [-0.4, -0.2) is 58.6 Å². The van der Waals surface area contributed by atoms with Gasteiger partial charge >= 0.3 is 5.97 Å².